The number of aromatic nitrogens is 2. The molecule has 9 heteroatoms. The zero-order chi connectivity index (χ0) is 16.2. The van der Waals surface area contributed by atoms with Crippen molar-refractivity contribution in [3.8, 4) is 0 Å². The molecule has 0 spiro atoms. The summed E-state index contributed by atoms with van der Waals surface area (Å²) in [5.74, 6) is -0.758. The van der Waals surface area contributed by atoms with Crippen molar-refractivity contribution in [1.29, 1.82) is 0 Å². The first-order chi connectivity index (χ1) is 9.65. The van der Waals surface area contributed by atoms with E-state index in [0.717, 1.165) is 11.8 Å². The number of aromatic amines is 1. The molecule has 1 N–H and O–H groups in total. The summed E-state index contributed by atoms with van der Waals surface area (Å²) in [5, 5.41) is -1.02. The van der Waals surface area contributed by atoms with Crippen LogP contribution in [0.25, 0.3) is 0 Å². The van der Waals surface area contributed by atoms with Gasteiger partial charge >= 0.3 is 12.1 Å². The number of H-pyrrole nitrogens is 1. The van der Waals surface area contributed by atoms with Gasteiger partial charge in [-0.15, -0.1) is 0 Å². The van der Waals surface area contributed by atoms with Gasteiger partial charge in [0, 0.05) is 6.07 Å². The molecule has 1 aromatic rings. The number of hydrogen-bond acceptors (Lipinski definition) is 5. The van der Waals surface area contributed by atoms with Crippen LogP contribution in [0.2, 0.25) is 0 Å². The second-order valence-corrected chi connectivity index (χ2v) is 5.60. The van der Waals surface area contributed by atoms with E-state index in [1.54, 1.807) is 20.8 Å². The number of ether oxygens (including phenoxy) is 1. The number of thioether (sulfide) groups is 1. The molecule has 0 bridgehead atoms. The molecule has 1 unspecified atom stereocenters. The van der Waals surface area contributed by atoms with E-state index in [1.165, 1.54) is 0 Å². The molecule has 1 rings (SSSR count). The Labute approximate surface area is 123 Å². The van der Waals surface area contributed by atoms with Crippen LogP contribution in [0.3, 0.4) is 0 Å². The summed E-state index contributed by atoms with van der Waals surface area (Å²) >= 11 is 0.748. The van der Waals surface area contributed by atoms with Crippen molar-refractivity contribution in [3.05, 3.63) is 22.1 Å². The van der Waals surface area contributed by atoms with Gasteiger partial charge in [0.1, 0.15) is 5.25 Å². The van der Waals surface area contributed by atoms with Crippen LogP contribution in [0, 0.1) is 5.92 Å². The zero-order valence-corrected chi connectivity index (χ0v) is 12.5. The normalized spacial score (nSPS) is 13.3. The van der Waals surface area contributed by atoms with Crippen LogP contribution in [-0.2, 0) is 15.7 Å². The highest BCUT2D eigenvalue weighted by Crippen LogP contribution is 2.30. The van der Waals surface area contributed by atoms with E-state index in [2.05, 4.69) is 9.97 Å². The Balaban J connectivity index is 3.07. The van der Waals surface area contributed by atoms with Crippen LogP contribution < -0.4 is 5.56 Å². The van der Waals surface area contributed by atoms with Crippen LogP contribution in [0.5, 0.6) is 0 Å². The average molecular weight is 324 g/mol. The number of nitrogens with zero attached hydrogens (tertiary/aromatic N) is 1. The highest BCUT2D eigenvalue weighted by Gasteiger charge is 2.34. The SMILES string of the molecule is CCOC(=O)C(Sc1nc(C(F)(F)F)cc(=O)[nH]1)C(C)C. The van der Waals surface area contributed by atoms with Gasteiger partial charge in [0.15, 0.2) is 10.9 Å². The molecular formula is C12H15F3N2O3S. The van der Waals surface area contributed by atoms with E-state index in [-0.39, 0.29) is 17.7 Å². The molecule has 0 aromatic carbocycles. The molecule has 0 saturated heterocycles. The van der Waals surface area contributed by atoms with Gasteiger partial charge < -0.3 is 9.72 Å². The topological polar surface area (TPSA) is 72.0 Å². The molecule has 0 saturated carbocycles. The summed E-state index contributed by atoms with van der Waals surface area (Å²) in [6, 6.07) is 0.374. The summed E-state index contributed by atoms with van der Waals surface area (Å²) in [4.78, 5) is 28.6. The molecule has 0 radical (unpaired) electrons. The van der Waals surface area contributed by atoms with Crippen LogP contribution in [0.15, 0.2) is 16.0 Å². The molecule has 1 aromatic heterocycles. The Kier molecular flexibility index (Phi) is 5.82. The largest absolute Gasteiger partial charge is 0.465 e. The maximum absolute atomic E-state index is 12.6. The second kappa shape index (κ2) is 6.97. The second-order valence-electron chi connectivity index (χ2n) is 4.47. The Morgan fingerprint density at radius 1 is 1.48 bits per heavy atom. The Morgan fingerprint density at radius 2 is 2.10 bits per heavy atom. The molecule has 5 nitrogen and oxygen atoms in total. The van der Waals surface area contributed by atoms with Gasteiger partial charge in [-0.05, 0) is 12.8 Å². The lowest BCUT2D eigenvalue weighted by Crippen LogP contribution is -2.27. The number of nitrogens with one attached hydrogen (secondary N) is 1. The fourth-order valence-electron chi connectivity index (χ4n) is 1.44. The van der Waals surface area contributed by atoms with Gasteiger partial charge in [0.2, 0.25) is 0 Å². The highest BCUT2D eigenvalue weighted by atomic mass is 32.2. The smallest absolute Gasteiger partial charge is 0.433 e. The fourth-order valence-corrected chi connectivity index (χ4v) is 2.42. The molecule has 1 atom stereocenters. The predicted octanol–water partition coefficient (Wildman–Crippen LogP) is 2.47. The van der Waals surface area contributed by atoms with Gasteiger partial charge in [0.25, 0.3) is 5.56 Å². The summed E-state index contributed by atoms with van der Waals surface area (Å²) in [6.45, 7) is 5.24. The summed E-state index contributed by atoms with van der Waals surface area (Å²) in [6.07, 6.45) is -4.72. The number of esters is 1. The van der Waals surface area contributed by atoms with Crippen LogP contribution >= 0.6 is 11.8 Å². The van der Waals surface area contributed by atoms with Gasteiger partial charge in [0.05, 0.1) is 6.61 Å². The fraction of sp³-hybridized carbons (Fsp3) is 0.583. The Bertz CT molecular complexity index is 557. The van der Waals surface area contributed by atoms with Crippen LogP contribution in [0.1, 0.15) is 26.5 Å². The lowest BCUT2D eigenvalue weighted by atomic mass is 10.1. The van der Waals surface area contributed by atoms with Crippen LogP contribution in [-0.4, -0.2) is 27.8 Å². The van der Waals surface area contributed by atoms with Gasteiger partial charge in [-0.25, -0.2) is 4.98 Å². The minimum Gasteiger partial charge on any atom is -0.465 e. The summed E-state index contributed by atoms with van der Waals surface area (Å²) in [7, 11) is 0. The molecule has 21 heavy (non-hydrogen) atoms. The average Bonchev–Trinajstić information content (AvgIpc) is 2.34. The number of hydrogen-bond donors (Lipinski definition) is 1. The lowest BCUT2D eigenvalue weighted by molar-refractivity contribution is -0.143. The molecule has 0 amide bonds. The summed E-state index contributed by atoms with van der Waals surface area (Å²) < 4.78 is 42.7. The Morgan fingerprint density at radius 3 is 2.57 bits per heavy atom. The minimum absolute atomic E-state index is 0.162. The van der Waals surface area contributed by atoms with Crippen LogP contribution in [0.4, 0.5) is 13.2 Å². The number of carbonyl (C=O) groups is 1. The van der Waals surface area contributed by atoms with Crippen molar-refractivity contribution in [2.75, 3.05) is 6.61 Å². The van der Waals surface area contributed by atoms with Gasteiger partial charge in [-0.2, -0.15) is 13.2 Å². The van der Waals surface area contributed by atoms with Gasteiger partial charge in [-0.1, -0.05) is 25.6 Å². The first-order valence-electron chi connectivity index (χ1n) is 6.17. The standard InChI is InChI=1S/C12H15F3N2O3S/c1-4-20-10(19)9(6(2)3)21-11-16-7(12(13,14)15)5-8(18)17-11/h5-6,9H,4H2,1-3H3,(H,16,17,18). The molecule has 1 heterocycles. The number of alkyl halides is 3. The third-order valence-electron chi connectivity index (χ3n) is 2.37. The first kappa shape index (κ1) is 17.5. The number of carbonyl (C=O) groups excluding carboxylic acids is 1. The number of halogens is 3. The van der Waals surface area contributed by atoms with Crippen molar-refractivity contribution < 1.29 is 22.7 Å². The van der Waals surface area contributed by atoms with Crippen molar-refractivity contribution in [1.82, 2.24) is 9.97 Å². The molecule has 0 aliphatic carbocycles. The van der Waals surface area contributed by atoms with Gasteiger partial charge in [-0.3, -0.25) is 9.59 Å². The van der Waals surface area contributed by atoms with Crippen molar-refractivity contribution >= 4 is 17.7 Å². The van der Waals surface area contributed by atoms with E-state index >= 15 is 0 Å². The maximum atomic E-state index is 12.6. The van der Waals surface area contributed by atoms with E-state index in [4.69, 9.17) is 4.74 Å². The minimum atomic E-state index is -4.72. The number of rotatable bonds is 5. The molecule has 0 aliphatic rings. The van der Waals surface area contributed by atoms with E-state index in [1.807, 2.05) is 0 Å². The van der Waals surface area contributed by atoms with E-state index < -0.39 is 28.6 Å². The predicted molar refractivity (Wildman–Crippen MR) is 71.0 cm³/mol. The monoisotopic (exact) mass is 324 g/mol. The third-order valence-corrected chi connectivity index (χ3v) is 3.78. The summed E-state index contributed by atoms with van der Waals surface area (Å²) in [5.41, 5.74) is -2.22. The Hall–Kier alpha value is -1.51. The molecule has 118 valence electrons. The quantitative estimate of drug-likeness (QED) is 0.512. The molecule has 0 aliphatic heterocycles. The zero-order valence-electron chi connectivity index (χ0n) is 11.7. The van der Waals surface area contributed by atoms with Crippen molar-refractivity contribution in [2.45, 2.75) is 37.4 Å². The molecule has 0 fully saturated rings. The van der Waals surface area contributed by atoms with Crippen molar-refractivity contribution in [3.63, 3.8) is 0 Å². The maximum Gasteiger partial charge on any atom is 0.433 e. The lowest BCUT2D eigenvalue weighted by Gasteiger charge is -2.18. The molecular weight excluding hydrogens is 309 g/mol. The highest BCUT2D eigenvalue weighted by molar-refractivity contribution is 8.00. The van der Waals surface area contributed by atoms with Crippen molar-refractivity contribution in [2.24, 2.45) is 5.92 Å². The van der Waals surface area contributed by atoms with E-state index in [0.29, 0.717) is 6.07 Å². The first-order valence-corrected chi connectivity index (χ1v) is 7.05. The third kappa shape index (κ3) is 5.07. The van der Waals surface area contributed by atoms with E-state index in [9.17, 15) is 22.8 Å².